The van der Waals surface area contributed by atoms with E-state index >= 15 is 0 Å². The van der Waals surface area contributed by atoms with Crippen LogP contribution in [0.5, 0.6) is 0 Å². The minimum absolute atomic E-state index is 0.0676. The number of hydrogen-bond donors (Lipinski definition) is 2. The molecule has 1 heterocycles. The maximum absolute atomic E-state index is 11.9. The number of hydrogen-bond acceptors (Lipinski definition) is 4. The Hall–Kier alpha value is -1.92. The first-order valence-corrected chi connectivity index (χ1v) is 7.09. The van der Waals surface area contributed by atoms with Gasteiger partial charge in [0.25, 0.3) is 0 Å². The lowest BCUT2D eigenvalue weighted by Gasteiger charge is -2.22. The van der Waals surface area contributed by atoms with Crippen LogP contribution in [0.15, 0.2) is 36.5 Å². The maximum atomic E-state index is 11.9. The Morgan fingerprint density at radius 1 is 1.45 bits per heavy atom. The summed E-state index contributed by atoms with van der Waals surface area (Å²) in [5.41, 5.74) is 1.02. The van der Waals surface area contributed by atoms with Crippen LogP contribution >= 0.6 is 11.3 Å². The zero-order valence-electron chi connectivity index (χ0n) is 11.4. The number of aliphatic hydroxyl groups is 1. The van der Waals surface area contributed by atoms with Crippen molar-refractivity contribution in [3.63, 3.8) is 0 Å². The molecule has 0 saturated carbocycles. The van der Waals surface area contributed by atoms with E-state index in [4.69, 9.17) is 5.11 Å². The van der Waals surface area contributed by atoms with E-state index in [-0.39, 0.29) is 18.7 Å². The highest BCUT2D eigenvalue weighted by atomic mass is 32.1. The molecule has 1 aromatic carbocycles. The van der Waals surface area contributed by atoms with Gasteiger partial charge in [0.15, 0.2) is 0 Å². The maximum Gasteiger partial charge on any atom is 0.322 e. The summed E-state index contributed by atoms with van der Waals surface area (Å²) in [4.78, 5) is 17.7. The van der Waals surface area contributed by atoms with Gasteiger partial charge in [-0.1, -0.05) is 41.7 Å². The molecule has 2 rings (SSSR count). The molecule has 2 N–H and O–H groups in total. The number of nitrogens with zero attached hydrogens (tertiary/aromatic N) is 2. The van der Waals surface area contributed by atoms with Gasteiger partial charge in [-0.25, -0.2) is 9.78 Å². The van der Waals surface area contributed by atoms with Crippen LogP contribution in [-0.2, 0) is 0 Å². The standard InChI is InChI=1S/C14H17N3O2S/c1-10(9-18)17(2)14(19)16-12-8-15-13(20-12)11-6-4-3-5-7-11/h3-8,10,18H,9H2,1-2H3,(H,16,19)/t10-/m0/s1. The van der Waals surface area contributed by atoms with Gasteiger partial charge in [-0.3, -0.25) is 5.32 Å². The van der Waals surface area contributed by atoms with Gasteiger partial charge in [0.1, 0.15) is 10.0 Å². The monoisotopic (exact) mass is 291 g/mol. The van der Waals surface area contributed by atoms with Gasteiger partial charge >= 0.3 is 6.03 Å². The highest BCUT2D eigenvalue weighted by Crippen LogP contribution is 2.28. The molecule has 5 nitrogen and oxygen atoms in total. The molecule has 0 fully saturated rings. The van der Waals surface area contributed by atoms with E-state index < -0.39 is 0 Å². The number of anilines is 1. The van der Waals surface area contributed by atoms with Crippen LogP contribution in [0.3, 0.4) is 0 Å². The van der Waals surface area contributed by atoms with E-state index in [1.807, 2.05) is 30.3 Å². The van der Waals surface area contributed by atoms with Crippen molar-refractivity contribution in [2.24, 2.45) is 0 Å². The Labute approximate surface area is 121 Å². The average Bonchev–Trinajstić information content (AvgIpc) is 2.95. The fourth-order valence-corrected chi connectivity index (χ4v) is 2.37. The lowest BCUT2D eigenvalue weighted by molar-refractivity contribution is 0.166. The number of thiazole rings is 1. The molecule has 0 aliphatic heterocycles. The summed E-state index contributed by atoms with van der Waals surface area (Å²) in [5, 5.41) is 13.4. The smallest absolute Gasteiger partial charge is 0.322 e. The lowest BCUT2D eigenvalue weighted by Crippen LogP contribution is -2.39. The molecule has 106 valence electrons. The van der Waals surface area contributed by atoms with Gasteiger partial charge in [0, 0.05) is 12.6 Å². The van der Waals surface area contributed by atoms with Crippen LogP contribution in [0, 0.1) is 0 Å². The second-order valence-electron chi connectivity index (χ2n) is 4.47. The number of aromatic nitrogens is 1. The van der Waals surface area contributed by atoms with Gasteiger partial charge < -0.3 is 10.0 Å². The largest absolute Gasteiger partial charge is 0.394 e. The van der Waals surface area contributed by atoms with Crippen LogP contribution in [0.25, 0.3) is 10.6 Å². The second-order valence-corrected chi connectivity index (χ2v) is 5.50. The van der Waals surface area contributed by atoms with Crippen molar-refractivity contribution in [1.82, 2.24) is 9.88 Å². The molecule has 0 unspecified atom stereocenters. The third-order valence-electron chi connectivity index (χ3n) is 3.00. The zero-order chi connectivity index (χ0) is 14.5. The summed E-state index contributed by atoms with van der Waals surface area (Å²) >= 11 is 1.42. The average molecular weight is 291 g/mol. The molecular formula is C14H17N3O2S. The quantitative estimate of drug-likeness (QED) is 0.910. The molecule has 1 atom stereocenters. The van der Waals surface area contributed by atoms with Crippen LogP contribution < -0.4 is 5.32 Å². The van der Waals surface area contributed by atoms with Crippen LogP contribution in [0.1, 0.15) is 6.92 Å². The Morgan fingerprint density at radius 2 is 2.15 bits per heavy atom. The summed E-state index contributed by atoms with van der Waals surface area (Å²) < 4.78 is 0. The molecule has 0 spiro atoms. The highest BCUT2D eigenvalue weighted by molar-refractivity contribution is 7.19. The predicted octanol–water partition coefficient (Wildman–Crippen LogP) is 2.65. The number of carbonyl (C=O) groups is 1. The number of nitrogens with one attached hydrogen (secondary N) is 1. The summed E-state index contributed by atoms with van der Waals surface area (Å²) in [6.07, 6.45) is 1.64. The molecule has 0 radical (unpaired) electrons. The highest BCUT2D eigenvalue weighted by Gasteiger charge is 2.16. The van der Waals surface area contributed by atoms with Crippen molar-refractivity contribution in [2.45, 2.75) is 13.0 Å². The van der Waals surface area contributed by atoms with Crippen molar-refractivity contribution >= 4 is 22.4 Å². The lowest BCUT2D eigenvalue weighted by atomic mass is 10.2. The number of rotatable bonds is 4. The molecule has 2 aromatic rings. The number of benzene rings is 1. The first-order valence-electron chi connectivity index (χ1n) is 6.27. The number of carbonyl (C=O) groups excluding carboxylic acids is 1. The Morgan fingerprint density at radius 3 is 2.80 bits per heavy atom. The summed E-state index contributed by atoms with van der Waals surface area (Å²) in [6, 6.07) is 9.32. The number of aliphatic hydroxyl groups excluding tert-OH is 1. The van der Waals surface area contributed by atoms with E-state index in [1.54, 1.807) is 20.2 Å². The SMILES string of the molecule is C[C@@H](CO)N(C)C(=O)Nc1cnc(-c2ccccc2)s1. The van der Waals surface area contributed by atoms with Gasteiger partial charge in [0.2, 0.25) is 0 Å². The Bertz CT molecular complexity index is 571. The molecule has 0 aliphatic carbocycles. The fraction of sp³-hybridized carbons (Fsp3) is 0.286. The first-order chi connectivity index (χ1) is 9.61. The van der Waals surface area contributed by atoms with E-state index in [9.17, 15) is 4.79 Å². The predicted molar refractivity (Wildman–Crippen MR) is 80.9 cm³/mol. The summed E-state index contributed by atoms with van der Waals surface area (Å²) in [7, 11) is 1.65. The third-order valence-corrected chi connectivity index (χ3v) is 3.96. The van der Waals surface area contributed by atoms with Gasteiger partial charge in [-0.05, 0) is 6.92 Å². The Balaban J connectivity index is 2.05. The van der Waals surface area contributed by atoms with Crippen LogP contribution in [-0.4, -0.2) is 40.7 Å². The van der Waals surface area contributed by atoms with E-state index in [1.165, 1.54) is 16.2 Å². The summed E-state index contributed by atoms with van der Waals surface area (Å²) in [6.45, 7) is 1.71. The van der Waals surface area contributed by atoms with Crippen molar-refractivity contribution < 1.29 is 9.90 Å². The van der Waals surface area contributed by atoms with E-state index in [0.717, 1.165) is 10.6 Å². The number of likely N-dealkylation sites (N-methyl/N-ethyl adjacent to an activating group) is 1. The van der Waals surface area contributed by atoms with Crippen molar-refractivity contribution in [3.8, 4) is 10.6 Å². The number of amides is 2. The summed E-state index contributed by atoms with van der Waals surface area (Å²) in [5.74, 6) is 0. The van der Waals surface area contributed by atoms with Crippen molar-refractivity contribution in [1.29, 1.82) is 0 Å². The zero-order valence-corrected chi connectivity index (χ0v) is 12.2. The van der Waals surface area contributed by atoms with E-state index in [2.05, 4.69) is 10.3 Å². The van der Waals surface area contributed by atoms with Crippen LogP contribution in [0.2, 0.25) is 0 Å². The third kappa shape index (κ3) is 3.34. The van der Waals surface area contributed by atoms with Crippen molar-refractivity contribution in [2.75, 3.05) is 19.0 Å². The minimum atomic E-state index is -0.255. The molecule has 2 amide bonds. The molecule has 0 aliphatic rings. The molecule has 6 heteroatoms. The number of urea groups is 1. The first kappa shape index (κ1) is 14.5. The molecule has 0 bridgehead atoms. The Kier molecular flexibility index (Phi) is 4.70. The van der Waals surface area contributed by atoms with Crippen molar-refractivity contribution in [3.05, 3.63) is 36.5 Å². The molecule has 0 saturated heterocycles. The minimum Gasteiger partial charge on any atom is -0.394 e. The topological polar surface area (TPSA) is 65.5 Å². The van der Waals surface area contributed by atoms with Gasteiger partial charge in [0.05, 0.1) is 18.8 Å². The van der Waals surface area contributed by atoms with Crippen LogP contribution in [0.4, 0.5) is 9.80 Å². The van der Waals surface area contributed by atoms with Gasteiger partial charge in [-0.2, -0.15) is 0 Å². The second kappa shape index (κ2) is 6.49. The van der Waals surface area contributed by atoms with Gasteiger partial charge in [-0.15, -0.1) is 0 Å². The molecule has 20 heavy (non-hydrogen) atoms. The normalized spacial score (nSPS) is 11.9. The van der Waals surface area contributed by atoms with E-state index in [0.29, 0.717) is 5.00 Å². The fourth-order valence-electron chi connectivity index (χ4n) is 1.56. The molecule has 1 aromatic heterocycles. The molecular weight excluding hydrogens is 274 g/mol.